The minimum atomic E-state index is -1.10. The zero-order chi connectivity index (χ0) is 13.7. The molecule has 0 fully saturated rings. The van der Waals surface area contributed by atoms with Crippen LogP contribution >= 0.6 is 11.8 Å². The van der Waals surface area contributed by atoms with E-state index in [2.05, 4.69) is 5.73 Å². The maximum Gasteiger partial charge on any atom is 0.321 e. The highest BCUT2D eigenvalue weighted by molar-refractivity contribution is 7.99. The second-order valence-corrected chi connectivity index (χ2v) is 4.88. The number of carboxylic acids is 1. The van der Waals surface area contributed by atoms with E-state index in [1.54, 1.807) is 6.07 Å². The third-order valence-electron chi connectivity index (χ3n) is 2.32. The standard InChI is InChI=1S/C11H16N2O4S/c12-2-1-6-3-8(14)10(15)9(4-6)18-5-7(13)11(16)17/h3-4,7,14-15H,1-2,5,12-13H2,(H,16,17)/p+1/t7-/m0/s1. The van der Waals surface area contributed by atoms with E-state index in [4.69, 9.17) is 10.8 Å². The number of rotatable bonds is 6. The monoisotopic (exact) mass is 273 g/mol. The smallest absolute Gasteiger partial charge is 0.321 e. The first-order valence-electron chi connectivity index (χ1n) is 5.41. The summed E-state index contributed by atoms with van der Waals surface area (Å²) in [6.07, 6.45) is 0.673. The minimum Gasteiger partial charge on any atom is -0.504 e. The van der Waals surface area contributed by atoms with E-state index in [-0.39, 0.29) is 17.3 Å². The Kier molecular flexibility index (Phi) is 5.26. The Morgan fingerprint density at radius 2 is 2.11 bits per heavy atom. The van der Waals surface area contributed by atoms with Gasteiger partial charge in [-0.2, -0.15) is 0 Å². The van der Waals surface area contributed by atoms with Crippen molar-refractivity contribution in [3.63, 3.8) is 0 Å². The molecule has 0 saturated carbocycles. The molecule has 0 aliphatic heterocycles. The van der Waals surface area contributed by atoms with Gasteiger partial charge in [-0.15, -0.1) is 11.8 Å². The Morgan fingerprint density at radius 3 is 2.67 bits per heavy atom. The molecule has 0 radical (unpaired) electrons. The van der Waals surface area contributed by atoms with Gasteiger partial charge in [0, 0.05) is 12.2 Å². The molecule has 7 heteroatoms. The molecule has 1 aromatic rings. The van der Waals surface area contributed by atoms with E-state index >= 15 is 0 Å². The predicted molar refractivity (Wildman–Crippen MR) is 67.6 cm³/mol. The number of nitrogens with two attached hydrogens (primary N) is 1. The fourth-order valence-electron chi connectivity index (χ4n) is 1.36. The first-order valence-corrected chi connectivity index (χ1v) is 6.39. The number of carbonyl (C=O) groups is 1. The molecule has 8 N–H and O–H groups in total. The maximum absolute atomic E-state index is 10.6. The van der Waals surface area contributed by atoms with Crippen molar-refractivity contribution < 1.29 is 25.8 Å². The lowest BCUT2D eigenvalue weighted by Gasteiger charge is -2.10. The van der Waals surface area contributed by atoms with E-state index in [0.29, 0.717) is 17.9 Å². The zero-order valence-electron chi connectivity index (χ0n) is 9.80. The van der Waals surface area contributed by atoms with Crippen molar-refractivity contribution in [1.82, 2.24) is 0 Å². The molecular weight excluding hydrogens is 256 g/mol. The molecule has 0 aliphatic carbocycles. The van der Waals surface area contributed by atoms with Gasteiger partial charge in [0.15, 0.2) is 11.5 Å². The summed E-state index contributed by atoms with van der Waals surface area (Å²) < 4.78 is 0. The second kappa shape index (κ2) is 6.48. The second-order valence-electron chi connectivity index (χ2n) is 3.82. The number of aliphatic carboxylic acids is 1. The lowest BCUT2D eigenvalue weighted by atomic mass is 10.1. The van der Waals surface area contributed by atoms with Crippen molar-refractivity contribution in [1.29, 1.82) is 0 Å². The highest BCUT2D eigenvalue weighted by Gasteiger charge is 2.15. The van der Waals surface area contributed by atoms with Gasteiger partial charge >= 0.3 is 5.97 Å². The Labute approximate surface area is 109 Å². The van der Waals surface area contributed by atoms with Crippen LogP contribution in [-0.2, 0) is 11.2 Å². The fraction of sp³-hybridized carbons (Fsp3) is 0.364. The van der Waals surface area contributed by atoms with Crippen LogP contribution in [0.1, 0.15) is 5.56 Å². The number of thioether (sulfide) groups is 1. The molecule has 18 heavy (non-hydrogen) atoms. The number of quaternary nitrogens is 1. The Morgan fingerprint density at radius 1 is 1.44 bits per heavy atom. The lowest BCUT2D eigenvalue weighted by molar-refractivity contribution is -0.366. The third-order valence-corrected chi connectivity index (χ3v) is 3.46. The molecule has 0 bridgehead atoms. The average Bonchev–Trinajstić information content (AvgIpc) is 2.31. The van der Waals surface area contributed by atoms with Crippen LogP contribution in [0.5, 0.6) is 11.5 Å². The molecule has 1 atom stereocenters. The first kappa shape index (κ1) is 14.6. The molecule has 0 spiro atoms. The van der Waals surface area contributed by atoms with Gasteiger partial charge in [-0.1, -0.05) is 0 Å². The number of aromatic hydroxyl groups is 2. The van der Waals surface area contributed by atoms with Crippen LogP contribution < -0.4 is 11.5 Å². The van der Waals surface area contributed by atoms with Crippen LogP contribution in [-0.4, -0.2) is 39.6 Å². The molecule has 0 aromatic heterocycles. The normalized spacial score (nSPS) is 12.3. The molecular formula is C11H17N2O4S+. The van der Waals surface area contributed by atoms with Crippen molar-refractivity contribution >= 4 is 17.7 Å². The summed E-state index contributed by atoms with van der Waals surface area (Å²) in [7, 11) is 0. The first-order chi connectivity index (χ1) is 8.45. The number of hydrogen-bond donors (Lipinski definition) is 5. The van der Waals surface area contributed by atoms with Gasteiger partial charge < -0.3 is 26.8 Å². The minimum absolute atomic E-state index is 0.121. The summed E-state index contributed by atoms with van der Waals surface area (Å²) in [5, 5.41) is 27.9. The lowest BCUT2D eigenvalue weighted by Crippen LogP contribution is -2.51. The van der Waals surface area contributed by atoms with Gasteiger partial charge in [-0.25, -0.2) is 0 Å². The summed E-state index contributed by atoms with van der Waals surface area (Å²) >= 11 is 1.10. The Hall–Kier alpha value is -1.44. The van der Waals surface area contributed by atoms with Crippen molar-refractivity contribution in [2.45, 2.75) is 17.4 Å². The van der Waals surface area contributed by atoms with Gasteiger partial charge in [0.25, 0.3) is 0 Å². The van der Waals surface area contributed by atoms with Gasteiger partial charge in [-0.05, 0) is 17.7 Å². The fourth-order valence-corrected chi connectivity index (χ4v) is 2.34. The molecule has 6 nitrogen and oxygen atoms in total. The highest BCUT2D eigenvalue weighted by atomic mass is 32.2. The Bertz CT molecular complexity index is 439. The molecule has 0 heterocycles. The molecule has 1 rings (SSSR count). The van der Waals surface area contributed by atoms with E-state index in [0.717, 1.165) is 17.3 Å². The largest absolute Gasteiger partial charge is 0.504 e. The van der Waals surface area contributed by atoms with Gasteiger partial charge in [0.05, 0.1) is 11.4 Å². The molecule has 1 aromatic carbocycles. The number of carboxylic acid groups (broad SMARTS) is 1. The summed E-state index contributed by atoms with van der Waals surface area (Å²) in [4.78, 5) is 11.0. The van der Waals surface area contributed by atoms with Crippen molar-refractivity contribution in [3.05, 3.63) is 17.7 Å². The zero-order valence-corrected chi connectivity index (χ0v) is 10.6. The van der Waals surface area contributed by atoms with Crippen molar-refractivity contribution in [2.75, 3.05) is 12.3 Å². The third kappa shape index (κ3) is 3.80. The van der Waals surface area contributed by atoms with Gasteiger partial charge in [0.2, 0.25) is 0 Å². The number of phenolic OH excluding ortho intramolecular Hbond substituents is 2. The van der Waals surface area contributed by atoms with Gasteiger partial charge in [-0.3, -0.25) is 4.79 Å². The number of hydrogen-bond acceptors (Lipinski definition) is 5. The average molecular weight is 273 g/mol. The van der Waals surface area contributed by atoms with Crippen LogP contribution in [0.4, 0.5) is 0 Å². The molecule has 0 aliphatic rings. The maximum atomic E-state index is 10.6. The molecule has 0 saturated heterocycles. The molecule has 100 valence electrons. The van der Waals surface area contributed by atoms with Gasteiger partial charge in [0.1, 0.15) is 6.04 Å². The quantitative estimate of drug-likeness (QED) is 0.347. The summed E-state index contributed by atoms with van der Waals surface area (Å²) in [6, 6.07) is 2.18. The van der Waals surface area contributed by atoms with E-state index in [1.807, 2.05) is 0 Å². The van der Waals surface area contributed by atoms with Crippen molar-refractivity contribution in [2.24, 2.45) is 5.73 Å². The highest BCUT2D eigenvalue weighted by Crippen LogP contribution is 2.37. The molecule has 0 amide bonds. The van der Waals surface area contributed by atoms with E-state index < -0.39 is 12.0 Å². The SMILES string of the molecule is N[C@@H](CSc1cc(CC[NH3+])cc(O)c1O)C(=O)O. The van der Waals surface area contributed by atoms with Crippen LogP contribution in [0.15, 0.2) is 17.0 Å². The molecule has 0 unspecified atom stereocenters. The summed E-state index contributed by atoms with van der Waals surface area (Å²) in [5.41, 5.74) is 9.93. The van der Waals surface area contributed by atoms with E-state index in [9.17, 15) is 15.0 Å². The predicted octanol–water partition coefficient (Wildman–Crippen LogP) is -0.614. The summed E-state index contributed by atoms with van der Waals surface area (Å²) in [5.74, 6) is -1.44. The van der Waals surface area contributed by atoms with Crippen LogP contribution in [0, 0.1) is 0 Å². The van der Waals surface area contributed by atoms with Crippen LogP contribution in [0.25, 0.3) is 0 Å². The number of phenols is 2. The van der Waals surface area contributed by atoms with E-state index in [1.165, 1.54) is 6.07 Å². The number of benzene rings is 1. The van der Waals surface area contributed by atoms with Crippen molar-refractivity contribution in [3.8, 4) is 11.5 Å². The van der Waals surface area contributed by atoms with Crippen LogP contribution in [0.3, 0.4) is 0 Å². The van der Waals surface area contributed by atoms with Crippen LogP contribution in [0.2, 0.25) is 0 Å². The Balaban J connectivity index is 2.83. The summed E-state index contributed by atoms with van der Waals surface area (Å²) in [6.45, 7) is 0.670. The topological polar surface area (TPSA) is 131 Å².